The zero-order valence-electron chi connectivity index (χ0n) is 10.8. The molecular formula is C13H19N3OS. The molecular weight excluding hydrogens is 246 g/mol. The molecule has 5 heteroatoms. The molecule has 4 nitrogen and oxygen atoms in total. The van der Waals surface area contributed by atoms with Crippen molar-refractivity contribution in [1.82, 2.24) is 14.5 Å². The Balaban J connectivity index is 1.95. The first-order valence-corrected chi connectivity index (χ1v) is 6.70. The van der Waals surface area contributed by atoms with Crippen LogP contribution in [0.3, 0.4) is 0 Å². The Morgan fingerprint density at radius 1 is 1.44 bits per heavy atom. The fourth-order valence-electron chi connectivity index (χ4n) is 1.77. The first kappa shape index (κ1) is 13.2. The number of hydrogen-bond acceptors (Lipinski definition) is 3. The lowest BCUT2D eigenvalue weighted by Gasteiger charge is -2.07. The van der Waals surface area contributed by atoms with Crippen LogP contribution in [0.1, 0.15) is 20.3 Å². The minimum Gasteiger partial charge on any atom is -0.380 e. The molecule has 98 valence electrons. The number of H-pyrrole nitrogens is 1. The van der Waals surface area contributed by atoms with Gasteiger partial charge in [-0.05, 0) is 36.7 Å². The van der Waals surface area contributed by atoms with Crippen molar-refractivity contribution in [2.24, 2.45) is 5.92 Å². The number of fused-ring (bicyclic) bond motifs is 1. The second kappa shape index (κ2) is 6.11. The predicted octanol–water partition coefficient (Wildman–Crippen LogP) is 3.16. The maximum atomic E-state index is 5.61. The summed E-state index contributed by atoms with van der Waals surface area (Å²) in [5, 5.41) is 0. The molecule has 0 radical (unpaired) electrons. The van der Waals surface area contributed by atoms with Gasteiger partial charge in [-0.3, -0.25) is 4.57 Å². The van der Waals surface area contributed by atoms with Crippen LogP contribution >= 0.6 is 12.2 Å². The first-order chi connectivity index (χ1) is 8.68. The molecule has 18 heavy (non-hydrogen) atoms. The van der Waals surface area contributed by atoms with E-state index in [2.05, 4.69) is 23.8 Å². The van der Waals surface area contributed by atoms with Gasteiger partial charge in [0.15, 0.2) is 10.4 Å². The maximum Gasteiger partial charge on any atom is 0.179 e. The van der Waals surface area contributed by atoms with E-state index in [0.717, 1.165) is 30.7 Å². The number of pyridine rings is 1. The van der Waals surface area contributed by atoms with Crippen LogP contribution in [0.2, 0.25) is 0 Å². The van der Waals surface area contributed by atoms with E-state index >= 15 is 0 Å². The Hall–Kier alpha value is -1.20. The topological polar surface area (TPSA) is 42.8 Å². The normalized spacial score (nSPS) is 11.5. The van der Waals surface area contributed by atoms with Crippen molar-refractivity contribution >= 4 is 23.4 Å². The quantitative estimate of drug-likeness (QED) is 0.644. The van der Waals surface area contributed by atoms with E-state index in [1.54, 1.807) is 6.20 Å². The molecule has 0 aromatic carbocycles. The summed E-state index contributed by atoms with van der Waals surface area (Å²) in [6, 6.07) is 3.88. The number of rotatable bonds is 6. The summed E-state index contributed by atoms with van der Waals surface area (Å²) in [5.74, 6) is 0.682. The summed E-state index contributed by atoms with van der Waals surface area (Å²) in [4.78, 5) is 7.48. The molecule has 0 saturated carbocycles. The van der Waals surface area contributed by atoms with Crippen molar-refractivity contribution in [3.05, 3.63) is 23.1 Å². The Morgan fingerprint density at radius 2 is 2.28 bits per heavy atom. The molecule has 0 spiro atoms. The molecule has 0 amide bonds. The van der Waals surface area contributed by atoms with Crippen molar-refractivity contribution in [3.63, 3.8) is 0 Å². The van der Waals surface area contributed by atoms with Gasteiger partial charge in [-0.25, -0.2) is 4.98 Å². The molecule has 0 atom stereocenters. The van der Waals surface area contributed by atoms with Gasteiger partial charge in [0, 0.05) is 12.8 Å². The largest absolute Gasteiger partial charge is 0.380 e. The standard InChI is InChI=1S/C13H19N3OS/c1-10(2)5-8-17-9-7-16-12-11(15-13(16)18)4-3-6-14-12/h3-4,6,10H,5,7-9H2,1-2H3,(H,15,18). The molecule has 0 aliphatic heterocycles. The lowest BCUT2D eigenvalue weighted by molar-refractivity contribution is 0.116. The van der Waals surface area contributed by atoms with Crippen LogP contribution in [0, 0.1) is 10.7 Å². The fraction of sp³-hybridized carbons (Fsp3) is 0.538. The zero-order chi connectivity index (χ0) is 13.0. The minimum absolute atomic E-state index is 0.671. The van der Waals surface area contributed by atoms with Gasteiger partial charge < -0.3 is 9.72 Å². The van der Waals surface area contributed by atoms with E-state index in [9.17, 15) is 0 Å². The maximum absolute atomic E-state index is 5.61. The third-order valence-electron chi connectivity index (χ3n) is 2.83. The Kier molecular flexibility index (Phi) is 4.49. The van der Waals surface area contributed by atoms with Gasteiger partial charge in [0.05, 0.1) is 18.7 Å². The summed E-state index contributed by atoms with van der Waals surface area (Å²) in [6.07, 6.45) is 2.87. The van der Waals surface area contributed by atoms with E-state index in [4.69, 9.17) is 17.0 Å². The number of nitrogens with one attached hydrogen (secondary N) is 1. The molecule has 2 heterocycles. The molecule has 0 aliphatic carbocycles. The van der Waals surface area contributed by atoms with E-state index in [1.165, 1.54) is 0 Å². The summed E-state index contributed by atoms with van der Waals surface area (Å²) in [7, 11) is 0. The van der Waals surface area contributed by atoms with Gasteiger partial charge in [-0.15, -0.1) is 0 Å². The average Bonchev–Trinajstić information content (AvgIpc) is 2.65. The fourth-order valence-corrected chi connectivity index (χ4v) is 2.06. The van der Waals surface area contributed by atoms with Crippen molar-refractivity contribution < 1.29 is 4.74 Å². The van der Waals surface area contributed by atoms with Crippen molar-refractivity contribution in [3.8, 4) is 0 Å². The number of ether oxygens (including phenoxy) is 1. The van der Waals surface area contributed by atoms with Gasteiger partial charge >= 0.3 is 0 Å². The monoisotopic (exact) mass is 265 g/mol. The SMILES string of the molecule is CC(C)CCOCCn1c(=S)[nH]c2cccnc21. The van der Waals surface area contributed by atoms with Crippen LogP contribution in [0.25, 0.3) is 11.2 Å². The van der Waals surface area contributed by atoms with E-state index in [1.807, 2.05) is 16.7 Å². The van der Waals surface area contributed by atoms with Gasteiger partial charge in [-0.1, -0.05) is 13.8 Å². The minimum atomic E-state index is 0.671. The molecule has 2 aromatic heterocycles. The summed E-state index contributed by atoms with van der Waals surface area (Å²) < 4.78 is 8.30. The lowest BCUT2D eigenvalue weighted by atomic mass is 10.1. The molecule has 0 saturated heterocycles. The average molecular weight is 265 g/mol. The number of imidazole rings is 1. The highest BCUT2D eigenvalue weighted by atomic mass is 32.1. The predicted molar refractivity (Wildman–Crippen MR) is 75.2 cm³/mol. The zero-order valence-corrected chi connectivity index (χ0v) is 11.7. The Bertz CT molecular complexity index is 559. The van der Waals surface area contributed by atoms with E-state index in [-0.39, 0.29) is 0 Å². The Morgan fingerprint density at radius 3 is 3.06 bits per heavy atom. The van der Waals surface area contributed by atoms with Crippen LogP contribution in [0.4, 0.5) is 0 Å². The molecule has 2 aromatic rings. The second-order valence-electron chi connectivity index (χ2n) is 4.75. The van der Waals surface area contributed by atoms with Crippen LogP contribution in [0.5, 0.6) is 0 Å². The van der Waals surface area contributed by atoms with Crippen LogP contribution in [-0.4, -0.2) is 27.7 Å². The van der Waals surface area contributed by atoms with Gasteiger partial charge in [0.2, 0.25) is 0 Å². The molecule has 2 rings (SSSR count). The van der Waals surface area contributed by atoms with Gasteiger partial charge in [0.1, 0.15) is 0 Å². The number of aromatic amines is 1. The second-order valence-corrected chi connectivity index (χ2v) is 5.14. The van der Waals surface area contributed by atoms with Crippen molar-refractivity contribution in [1.29, 1.82) is 0 Å². The molecule has 0 bridgehead atoms. The van der Waals surface area contributed by atoms with E-state index in [0.29, 0.717) is 17.3 Å². The highest BCUT2D eigenvalue weighted by Crippen LogP contribution is 2.10. The molecule has 0 fully saturated rings. The third kappa shape index (κ3) is 3.17. The lowest BCUT2D eigenvalue weighted by Crippen LogP contribution is -2.08. The van der Waals surface area contributed by atoms with Crippen LogP contribution < -0.4 is 0 Å². The smallest absolute Gasteiger partial charge is 0.179 e. The van der Waals surface area contributed by atoms with E-state index < -0.39 is 0 Å². The van der Waals surface area contributed by atoms with Gasteiger partial charge in [0.25, 0.3) is 0 Å². The Labute approximate surface area is 112 Å². The van der Waals surface area contributed by atoms with Crippen LogP contribution in [-0.2, 0) is 11.3 Å². The summed E-state index contributed by atoms with van der Waals surface area (Å²) in [5.41, 5.74) is 1.87. The summed E-state index contributed by atoms with van der Waals surface area (Å²) >= 11 is 5.28. The number of hydrogen-bond donors (Lipinski definition) is 1. The van der Waals surface area contributed by atoms with Crippen LogP contribution in [0.15, 0.2) is 18.3 Å². The van der Waals surface area contributed by atoms with Crippen molar-refractivity contribution in [2.45, 2.75) is 26.8 Å². The molecule has 1 N–H and O–H groups in total. The molecule has 0 aliphatic rings. The third-order valence-corrected chi connectivity index (χ3v) is 3.15. The van der Waals surface area contributed by atoms with Gasteiger partial charge in [-0.2, -0.15) is 0 Å². The first-order valence-electron chi connectivity index (χ1n) is 6.30. The summed E-state index contributed by atoms with van der Waals surface area (Å²) in [6.45, 7) is 6.62. The molecule has 0 unspecified atom stereocenters. The highest BCUT2D eigenvalue weighted by molar-refractivity contribution is 7.71. The number of nitrogens with zero attached hydrogens (tertiary/aromatic N) is 2. The number of aromatic nitrogens is 3. The highest BCUT2D eigenvalue weighted by Gasteiger charge is 2.04. The van der Waals surface area contributed by atoms with Crippen molar-refractivity contribution in [2.75, 3.05) is 13.2 Å².